The van der Waals surface area contributed by atoms with Gasteiger partial charge in [-0.2, -0.15) is 0 Å². The van der Waals surface area contributed by atoms with Gasteiger partial charge in [0, 0.05) is 12.6 Å². The Labute approximate surface area is 111 Å². The molecular formula is C10H15ClN6O. The van der Waals surface area contributed by atoms with E-state index in [4.69, 9.17) is 11.1 Å². The van der Waals surface area contributed by atoms with Crippen LogP contribution >= 0.6 is 12.4 Å². The molecule has 8 heteroatoms. The summed E-state index contributed by atoms with van der Waals surface area (Å²) in [5.74, 6) is -0.450. The van der Waals surface area contributed by atoms with Gasteiger partial charge in [-0.3, -0.25) is 15.5 Å². The average Bonchev–Trinajstić information content (AvgIpc) is 2.27. The molecule has 98 valence electrons. The molecule has 0 saturated carbocycles. The van der Waals surface area contributed by atoms with Gasteiger partial charge in [0.2, 0.25) is 11.9 Å². The third-order valence-corrected chi connectivity index (χ3v) is 1.63. The largest absolute Gasteiger partial charge is 0.368 e. The summed E-state index contributed by atoms with van der Waals surface area (Å²) in [4.78, 5) is 10.6. The van der Waals surface area contributed by atoms with Crippen LogP contribution in [-0.4, -0.2) is 17.8 Å². The molecular weight excluding hydrogens is 256 g/mol. The van der Waals surface area contributed by atoms with E-state index in [0.29, 0.717) is 0 Å². The Bertz CT molecular complexity index is 433. The van der Waals surface area contributed by atoms with E-state index >= 15 is 0 Å². The summed E-state index contributed by atoms with van der Waals surface area (Å²) in [6.45, 7) is 1.31. The van der Waals surface area contributed by atoms with Crippen LogP contribution in [0.2, 0.25) is 0 Å². The predicted molar refractivity (Wildman–Crippen MR) is 73.6 cm³/mol. The Morgan fingerprint density at radius 3 is 2.50 bits per heavy atom. The number of hydrogen-bond acceptors (Lipinski definition) is 3. The molecule has 0 saturated heterocycles. The van der Waals surface area contributed by atoms with Crippen molar-refractivity contribution in [1.82, 2.24) is 10.7 Å². The molecule has 1 aromatic carbocycles. The van der Waals surface area contributed by atoms with Crippen molar-refractivity contribution >= 4 is 35.9 Å². The van der Waals surface area contributed by atoms with E-state index in [0.717, 1.165) is 5.69 Å². The number of carbonyl (C=O) groups excluding carboxylic acids is 1. The maximum absolute atomic E-state index is 10.6. The van der Waals surface area contributed by atoms with Gasteiger partial charge in [-0.15, -0.1) is 17.5 Å². The number of benzene rings is 1. The first kappa shape index (κ1) is 15.7. The number of rotatable bonds is 2. The van der Waals surface area contributed by atoms with E-state index in [1.54, 1.807) is 12.1 Å². The lowest BCUT2D eigenvalue weighted by Gasteiger charge is -2.09. The number of para-hydroxylation sites is 1. The molecule has 1 amide bonds. The topological polar surface area (TPSA) is 115 Å². The monoisotopic (exact) mass is 270 g/mol. The Kier molecular flexibility index (Phi) is 6.91. The van der Waals surface area contributed by atoms with Crippen LogP contribution in [-0.2, 0) is 4.79 Å². The van der Waals surface area contributed by atoms with Crippen molar-refractivity contribution in [2.45, 2.75) is 6.92 Å². The van der Waals surface area contributed by atoms with Crippen LogP contribution in [0, 0.1) is 5.41 Å². The van der Waals surface area contributed by atoms with Crippen molar-refractivity contribution < 1.29 is 4.79 Å². The number of amides is 1. The van der Waals surface area contributed by atoms with Gasteiger partial charge >= 0.3 is 0 Å². The smallest absolute Gasteiger partial charge is 0.237 e. The zero-order valence-corrected chi connectivity index (χ0v) is 10.5. The first-order chi connectivity index (χ1) is 8.08. The third kappa shape index (κ3) is 6.33. The SMILES string of the molecule is CC(=O)NN=C(N)NC(=N)Nc1ccccc1.Cl. The summed E-state index contributed by atoms with van der Waals surface area (Å²) >= 11 is 0. The van der Waals surface area contributed by atoms with Crippen molar-refractivity contribution in [3.05, 3.63) is 30.3 Å². The maximum Gasteiger partial charge on any atom is 0.237 e. The summed E-state index contributed by atoms with van der Waals surface area (Å²) < 4.78 is 0. The van der Waals surface area contributed by atoms with Gasteiger partial charge < -0.3 is 11.1 Å². The van der Waals surface area contributed by atoms with E-state index < -0.39 is 0 Å². The average molecular weight is 271 g/mol. The van der Waals surface area contributed by atoms with Gasteiger partial charge in [0.15, 0.2) is 5.96 Å². The molecule has 0 aromatic heterocycles. The number of carbonyl (C=O) groups is 1. The van der Waals surface area contributed by atoms with Gasteiger partial charge in [0.1, 0.15) is 0 Å². The molecule has 0 bridgehead atoms. The standard InChI is InChI=1S/C10H14N6O.ClH/c1-7(17)15-16-10(12)14-9(11)13-8-5-3-2-4-6-8;/h2-6H,1H3,(H,15,17)(H5,11,12,13,14,16);1H. The molecule has 0 radical (unpaired) electrons. The predicted octanol–water partition coefficient (Wildman–Crippen LogP) is 0.410. The van der Waals surface area contributed by atoms with Crippen molar-refractivity contribution in [1.29, 1.82) is 5.41 Å². The zero-order valence-electron chi connectivity index (χ0n) is 9.73. The number of hydrazone groups is 1. The second kappa shape index (κ2) is 7.91. The molecule has 18 heavy (non-hydrogen) atoms. The van der Waals surface area contributed by atoms with Crippen molar-refractivity contribution in [3.63, 3.8) is 0 Å². The molecule has 6 N–H and O–H groups in total. The highest BCUT2D eigenvalue weighted by molar-refractivity contribution is 6.03. The van der Waals surface area contributed by atoms with Gasteiger partial charge in [0.05, 0.1) is 0 Å². The van der Waals surface area contributed by atoms with Crippen molar-refractivity contribution in [2.24, 2.45) is 10.8 Å². The molecule has 0 fully saturated rings. The molecule has 0 atom stereocenters. The van der Waals surface area contributed by atoms with Crippen LogP contribution in [0.15, 0.2) is 35.4 Å². The van der Waals surface area contributed by atoms with Crippen molar-refractivity contribution in [3.8, 4) is 0 Å². The Morgan fingerprint density at radius 1 is 1.33 bits per heavy atom. The molecule has 1 rings (SSSR count). The highest BCUT2D eigenvalue weighted by Gasteiger charge is 1.99. The Balaban J connectivity index is 0.00000289. The summed E-state index contributed by atoms with van der Waals surface area (Å²) in [6.07, 6.45) is 0. The lowest BCUT2D eigenvalue weighted by atomic mass is 10.3. The van der Waals surface area contributed by atoms with Gasteiger partial charge in [0.25, 0.3) is 0 Å². The third-order valence-electron chi connectivity index (χ3n) is 1.63. The number of anilines is 1. The van der Waals surface area contributed by atoms with Gasteiger partial charge in [-0.25, -0.2) is 5.43 Å². The quantitative estimate of drug-likeness (QED) is 0.304. The minimum Gasteiger partial charge on any atom is -0.368 e. The van der Waals surface area contributed by atoms with E-state index in [1.807, 2.05) is 18.2 Å². The highest BCUT2D eigenvalue weighted by Crippen LogP contribution is 2.03. The molecule has 0 unspecified atom stereocenters. The Hall–Kier alpha value is -2.28. The summed E-state index contributed by atoms with van der Waals surface area (Å²) in [5, 5.41) is 16.3. The van der Waals surface area contributed by atoms with Crippen LogP contribution in [0.1, 0.15) is 6.92 Å². The fourth-order valence-electron chi connectivity index (χ4n) is 0.992. The first-order valence-electron chi connectivity index (χ1n) is 4.85. The summed E-state index contributed by atoms with van der Waals surface area (Å²) in [5.41, 5.74) is 8.32. The molecule has 0 aliphatic rings. The lowest BCUT2D eigenvalue weighted by Crippen LogP contribution is -2.41. The molecule has 0 aliphatic heterocycles. The van der Waals surface area contributed by atoms with Crippen LogP contribution in [0.5, 0.6) is 0 Å². The number of nitrogens with zero attached hydrogens (tertiary/aromatic N) is 1. The van der Waals surface area contributed by atoms with Gasteiger partial charge in [-0.05, 0) is 12.1 Å². The van der Waals surface area contributed by atoms with Crippen LogP contribution in [0.25, 0.3) is 0 Å². The van der Waals surface area contributed by atoms with Gasteiger partial charge in [-0.1, -0.05) is 18.2 Å². The Morgan fingerprint density at radius 2 is 1.94 bits per heavy atom. The second-order valence-electron chi connectivity index (χ2n) is 3.16. The first-order valence-corrected chi connectivity index (χ1v) is 4.85. The molecule has 7 nitrogen and oxygen atoms in total. The van der Waals surface area contributed by atoms with E-state index in [1.165, 1.54) is 6.92 Å². The number of guanidine groups is 2. The second-order valence-corrected chi connectivity index (χ2v) is 3.16. The fraction of sp³-hybridized carbons (Fsp3) is 0.100. The molecule has 0 aliphatic carbocycles. The zero-order chi connectivity index (χ0) is 12.7. The normalized spacial score (nSPS) is 9.94. The van der Waals surface area contributed by atoms with Crippen LogP contribution < -0.4 is 21.8 Å². The van der Waals surface area contributed by atoms with Crippen LogP contribution in [0.4, 0.5) is 5.69 Å². The maximum atomic E-state index is 10.6. The van der Waals surface area contributed by atoms with E-state index in [-0.39, 0.29) is 30.2 Å². The number of nitrogens with one attached hydrogen (secondary N) is 4. The molecule has 1 aromatic rings. The summed E-state index contributed by atoms with van der Waals surface area (Å²) in [6, 6.07) is 9.15. The fourth-order valence-corrected chi connectivity index (χ4v) is 0.992. The van der Waals surface area contributed by atoms with Crippen LogP contribution in [0.3, 0.4) is 0 Å². The lowest BCUT2D eigenvalue weighted by molar-refractivity contribution is -0.118. The number of nitrogens with two attached hydrogens (primary N) is 1. The minimum atomic E-state index is -0.336. The highest BCUT2D eigenvalue weighted by atomic mass is 35.5. The minimum absolute atomic E-state index is 0. The summed E-state index contributed by atoms with van der Waals surface area (Å²) in [7, 11) is 0. The van der Waals surface area contributed by atoms with E-state index in [2.05, 4.69) is 21.2 Å². The van der Waals surface area contributed by atoms with E-state index in [9.17, 15) is 4.79 Å². The molecule has 0 spiro atoms. The number of halogens is 1. The number of hydrogen-bond donors (Lipinski definition) is 5. The van der Waals surface area contributed by atoms with Crippen molar-refractivity contribution in [2.75, 3.05) is 5.32 Å². The molecule has 0 heterocycles.